The van der Waals surface area contributed by atoms with Crippen molar-refractivity contribution in [3.05, 3.63) is 65.2 Å². The number of nitrogens with zero attached hydrogens (tertiary/aromatic N) is 2. The van der Waals surface area contributed by atoms with Gasteiger partial charge in [-0.2, -0.15) is 4.99 Å². The van der Waals surface area contributed by atoms with E-state index < -0.39 is 9.84 Å². The number of rotatable bonds is 2. The molecule has 2 aliphatic heterocycles. The average Bonchev–Trinajstić information content (AvgIpc) is 3.06. The van der Waals surface area contributed by atoms with Gasteiger partial charge in [0, 0.05) is 21.5 Å². The van der Waals surface area contributed by atoms with Crippen molar-refractivity contribution in [2.75, 3.05) is 16.4 Å². The van der Waals surface area contributed by atoms with Gasteiger partial charge in [0.2, 0.25) is 0 Å². The predicted molar refractivity (Wildman–Crippen MR) is 106 cm³/mol. The molecule has 2 atom stereocenters. The van der Waals surface area contributed by atoms with E-state index in [0.717, 1.165) is 5.69 Å². The SMILES string of the molecule is O=C(N=C1S[C@H]2CS(=O)(=O)C[C@H]2N1c1cccc(Cl)c1)c1ccccc1. The predicted octanol–water partition coefficient (Wildman–Crippen LogP) is 3.26. The van der Waals surface area contributed by atoms with E-state index in [1.807, 2.05) is 17.0 Å². The van der Waals surface area contributed by atoms with Crippen LogP contribution in [0.25, 0.3) is 0 Å². The van der Waals surface area contributed by atoms with E-state index in [1.165, 1.54) is 11.8 Å². The lowest BCUT2D eigenvalue weighted by Crippen LogP contribution is -2.37. The van der Waals surface area contributed by atoms with Crippen molar-refractivity contribution in [2.24, 2.45) is 4.99 Å². The first-order chi connectivity index (χ1) is 12.4. The van der Waals surface area contributed by atoms with Crippen LogP contribution in [0.3, 0.4) is 0 Å². The Morgan fingerprint density at radius 1 is 1.12 bits per heavy atom. The molecule has 0 aliphatic carbocycles. The van der Waals surface area contributed by atoms with E-state index in [0.29, 0.717) is 15.8 Å². The summed E-state index contributed by atoms with van der Waals surface area (Å²) < 4.78 is 24.1. The van der Waals surface area contributed by atoms with Crippen molar-refractivity contribution in [3.8, 4) is 0 Å². The maximum Gasteiger partial charge on any atom is 0.279 e. The van der Waals surface area contributed by atoms with Gasteiger partial charge in [-0.1, -0.05) is 47.6 Å². The molecule has 2 saturated heterocycles. The minimum absolute atomic E-state index is 0.0513. The second kappa shape index (κ2) is 6.72. The lowest BCUT2D eigenvalue weighted by Gasteiger charge is -2.24. The summed E-state index contributed by atoms with van der Waals surface area (Å²) in [4.78, 5) is 18.7. The Balaban J connectivity index is 1.74. The number of carbonyl (C=O) groups excluding carboxylic acids is 1. The Kier molecular flexibility index (Phi) is 4.54. The molecule has 8 heteroatoms. The maximum absolute atomic E-state index is 12.5. The maximum atomic E-state index is 12.5. The van der Waals surface area contributed by atoms with Crippen LogP contribution in [-0.2, 0) is 9.84 Å². The van der Waals surface area contributed by atoms with E-state index in [9.17, 15) is 13.2 Å². The molecular weight excluding hydrogens is 392 g/mol. The van der Waals surface area contributed by atoms with Crippen molar-refractivity contribution < 1.29 is 13.2 Å². The summed E-state index contributed by atoms with van der Waals surface area (Å²) in [5, 5.41) is 0.929. The van der Waals surface area contributed by atoms with E-state index >= 15 is 0 Å². The number of halogens is 1. The molecule has 0 radical (unpaired) electrons. The van der Waals surface area contributed by atoms with Crippen molar-refractivity contribution in [1.82, 2.24) is 0 Å². The smallest absolute Gasteiger partial charge is 0.279 e. The van der Waals surface area contributed by atoms with Crippen LogP contribution in [0.15, 0.2) is 59.6 Å². The Morgan fingerprint density at radius 3 is 2.62 bits per heavy atom. The third kappa shape index (κ3) is 3.39. The van der Waals surface area contributed by atoms with Crippen LogP contribution in [0.2, 0.25) is 5.02 Å². The number of benzene rings is 2. The molecule has 1 amide bonds. The van der Waals surface area contributed by atoms with Gasteiger partial charge in [0.1, 0.15) is 0 Å². The van der Waals surface area contributed by atoms with Crippen molar-refractivity contribution in [1.29, 1.82) is 0 Å². The molecule has 26 heavy (non-hydrogen) atoms. The first-order valence-corrected chi connectivity index (χ1v) is 11.1. The Hall–Kier alpha value is -1.83. The lowest BCUT2D eigenvalue weighted by atomic mass is 10.2. The van der Waals surface area contributed by atoms with Crippen LogP contribution in [0.4, 0.5) is 5.69 Å². The quantitative estimate of drug-likeness (QED) is 0.765. The molecule has 4 rings (SSSR count). The van der Waals surface area contributed by atoms with Gasteiger partial charge in [0.25, 0.3) is 5.91 Å². The molecule has 2 aromatic rings. The fourth-order valence-corrected chi connectivity index (χ4v) is 7.32. The Labute approximate surface area is 161 Å². The minimum Gasteiger partial charge on any atom is -0.316 e. The number of sulfone groups is 1. The number of thioether (sulfide) groups is 1. The molecule has 2 heterocycles. The van der Waals surface area contributed by atoms with Gasteiger partial charge in [-0.25, -0.2) is 8.42 Å². The van der Waals surface area contributed by atoms with Crippen molar-refractivity contribution in [3.63, 3.8) is 0 Å². The largest absolute Gasteiger partial charge is 0.316 e. The summed E-state index contributed by atoms with van der Waals surface area (Å²) in [6.45, 7) is 0. The third-order valence-corrected chi connectivity index (χ3v) is 7.82. The van der Waals surface area contributed by atoms with E-state index in [-0.39, 0.29) is 28.7 Å². The Bertz CT molecular complexity index is 993. The number of carbonyl (C=O) groups is 1. The third-order valence-electron chi connectivity index (χ3n) is 4.37. The first kappa shape index (κ1) is 17.6. The highest BCUT2D eigenvalue weighted by molar-refractivity contribution is 8.16. The summed E-state index contributed by atoms with van der Waals surface area (Å²) in [5.74, 6) is -0.198. The molecule has 0 N–H and O–H groups in total. The van der Waals surface area contributed by atoms with Gasteiger partial charge >= 0.3 is 0 Å². The van der Waals surface area contributed by atoms with Gasteiger partial charge in [-0.3, -0.25) is 4.79 Å². The zero-order chi connectivity index (χ0) is 18.3. The van der Waals surface area contributed by atoms with E-state index in [4.69, 9.17) is 11.6 Å². The number of aliphatic imine (C=N–C) groups is 1. The zero-order valence-corrected chi connectivity index (χ0v) is 16.0. The van der Waals surface area contributed by atoms with E-state index in [2.05, 4.69) is 4.99 Å². The normalized spacial score (nSPS) is 25.4. The van der Waals surface area contributed by atoms with Crippen molar-refractivity contribution >= 4 is 50.0 Å². The van der Waals surface area contributed by atoms with Gasteiger partial charge in [0.15, 0.2) is 15.0 Å². The van der Waals surface area contributed by atoms with Crippen LogP contribution >= 0.6 is 23.4 Å². The topological polar surface area (TPSA) is 66.8 Å². The van der Waals surface area contributed by atoms with Gasteiger partial charge in [0.05, 0.1) is 17.5 Å². The molecule has 0 spiro atoms. The second-order valence-corrected chi connectivity index (χ2v) is 10.0. The highest BCUT2D eigenvalue weighted by Crippen LogP contribution is 2.41. The summed E-state index contributed by atoms with van der Waals surface area (Å²) in [5.41, 5.74) is 1.24. The average molecular weight is 407 g/mol. The first-order valence-electron chi connectivity index (χ1n) is 8.03. The molecule has 2 aliphatic rings. The zero-order valence-electron chi connectivity index (χ0n) is 13.6. The van der Waals surface area contributed by atoms with Crippen LogP contribution in [0.1, 0.15) is 10.4 Å². The van der Waals surface area contributed by atoms with Gasteiger partial charge < -0.3 is 4.90 Å². The molecule has 0 bridgehead atoms. The Morgan fingerprint density at radius 2 is 1.88 bits per heavy atom. The number of hydrogen-bond donors (Lipinski definition) is 0. The molecule has 0 aromatic heterocycles. The highest BCUT2D eigenvalue weighted by Gasteiger charge is 2.49. The number of hydrogen-bond acceptors (Lipinski definition) is 4. The highest BCUT2D eigenvalue weighted by atomic mass is 35.5. The molecular formula is C18H15ClN2O3S2. The fraction of sp³-hybridized carbons (Fsp3) is 0.222. The standard InChI is InChI=1S/C18H15ClN2O3S2/c19-13-7-4-8-14(9-13)21-15-10-26(23,24)11-16(15)25-18(21)20-17(22)12-5-2-1-3-6-12/h1-9,15-16H,10-11H2/t15-,16+/m1/s1. The molecule has 0 saturated carbocycles. The minimum atomic E-state index is -3.10. The van der Waals surface area contributed by atoms with Crippen LogP contribution in [-0.4, -0.2) is 42.3 Å². The lowest BCUT2D eigenvalue weighted by molar-refractivity contribution is 0.100. The number of fused-ring (bicyclic) bond motifs is 1. The van der Waals surface area contributed by atoms with Crippen LogP contribution in [0, 0.1) is 0 Å². The summed E-state index contributed by atoms with van der Waals surface area (Å²) in [6.07, 6.45) is 0. The monoisotopic (exact) mass is 406 g/mol. The number of anilines is 1. The summed E-state index contributed by atoms with van der Waals surface area (Å²) >= 11 is 7.46. The molecule has 134 valence electrons. The fourth-order valence-electron chi connectivity index (χ4n) is 3.22. The second-order valence-electron chi connectivity index (χ2n) is 6.22. The van der Waals surface area contributed by atoms with Gasteiger partial charge in [-0.05, 0) is 30.3 Å². The van der Waals surface area contributed by atoms with Crippen molar-refractivity contribution in [2.45, 2.75) is 11.3 Å². The molecule has 2 fully saturated rings. The number of amidine groups is 1. The van der Waals surface area contributed by atoms with E-state index in [1.54, 1.807) is 42.5 Å². The van der Waals surface area contributed by atoms with Crippen LogP contribution in [0.5, 0.6) is 0 Å². The number of amides is 1. The summed E-state index contributed by atoms with van der Waals surface area (Å²) in [7, 11) is -3.10. The molecule has 5 nitrogen and oxygen atoms in total. The summed E-state index contributed by atoms with van der Waals surface area (Å²) in [6, 6.07) is 15.7. The molecule has 0 unspecified atom stereocenters. The van der Waals surface area contributed by atoms with Gasteiger partial charge in [-0.15, -0.1) is 0 Å². The van der Waals surface area contributed by atoms with Crippen LogP contribution < -0.4 is 4.90 Å². The molecule has 2 aromatic carbocycles.